The van der Waals surface area contributed by atoms with Crippen molar-refractivity contribution in [2.45, 2.75) is 11.9 Å². The molecule has 2 aromatic heterocycles. The summed E-state index contributed by atoms with van der Waals surface area (Å²) in [5.74, 6) is 0.718. The molecule has 0 amide bonds. The standard InChI is InChI=1S/C11H13N5O2S/c1-7-5-14-11(16-10(7)12)15-8-3-4-9(13-6-8)19(2,17)18/h3-6H,1-2H3,(H3,12,14,15,16). The molecule has 0 fully saturated rings. The monoisotopic (exact) mass is 279 g/mol. The summed E-state index contributed by atoms with van der Waals surface area (Å²) in [6.07, 6.45) is 4.10. The molecule has 0 aliphatic heterocycles. The Morgan fingerprint density at radius 2 is 1.95 bits per heavy atom. The number of nitrogens with zero attached hydrogens (tertiary/aromatic N) is 3. The highest BCUT2D eigenvalue weighted by molar-refractivity contribution is 7.90. The maximum Gasteiger partial charge on any atom is 0.229 e. The summed E-state index contributed by atoms with van der Waals surface area (Å²) in [5, 5.41) is 2.91. The fourth-order valence-corrected chi connectivity index (χ4v) is 1.88. The Kier molecular flexibility index (Phi) is 3.34. The van der Waals surface area contributed by atoms with Gasteiger partial charge in [0.15, 0.2) is 14.9 Å². The summed E-state index contributed by atoms with van der Waals surface area (Å²) in [6.45, 7) is 1.81. The molecule has 8 heteroatoms. The Balaban J connectivity index is 2.22. The minimum atomic E-state index is -3.29. The Bertz CT molecular complexity index is 698. The predicted molar refractivity (Wildman–Crippen MR) is 71.8 cm³/mol. The van der Waals surface area contributed by atoms with E-state index in [0.717, 1.165) is 11.8 Å². The van der Waals surface area contributed by atoms with E-state index in [1.54, 1.807) is 12.3 Å². The average Bonchev–Trinajstić information content (AvgIpc) is 2.33. The summed E-state index contributed by atoms with van der Waals surface area (Å²) in [7, 11) is -3.29. The van der Waals surface area contributed by atoms with Crippen LogP contribution in [0.1, 0.15) is 5.56 Å². The summed E-state index contributed by atoms with van der Waals surface area (Å²) in [5.41, 5.74) is 7.04. The summed E-state index contributed by atoms with van der Waals surface area (Å²) in [4.78, 5) is 12.0. The van der Waals surface area contributed by atoms with Crippen molar-refractivity contribution in [3.63, 3.8) is 0 Å². The zero-order valence-corrected chi connectivity index (χ0v) is 11.3. The van der Waals surface area contributed by atoms with Crippen molar-refractivity contribution in [1.29, 1.82) is 0 Å². The molecule has 100 valence electrons. The van der Waals surface area contributed by atoms with Crippen LogP contribution in [0.5, 0.6) is 0 Å². The van der Waals surface area contributed by atoms with Crippen molar-refractivity contribution in [1.82, 2.24) is 15.0 Å². The number of nitrogen functional groups attached to an aromatic ring is 1. The largest absolute Gasteiger partial charge is 0.383 e. The van der Waals surface area contributed by atoms with Gasteiger partial charge in [-0.3, -0.25) is 0 Å². The van der Waals surface area contributed by atoms with Gasteiger partial charge in [0, 0.05) is 18.0 Å². The van der Waals surface area contributed by atoms with Crippen molar-refractivity contribution in [3.8, 4) is 0 Å². The van der Waals surface area contributed by atoms with Crippen LogP contribution in [0.4, 0.5) is 17.5 Å². The lowest BCUT2D eigenvalue weighted by Gasteiger charge is -2.06. The third kappa shape index (κ3) is 3.16. The van der Waals surface area contributed by atoms with Crippen molar-refractivity contribution >= 4 is 27.3 Å². The highest BCUT2D eigenvalue weighted by atomic mass is 32.2. The normalized spacial score (nSPS) is 11.3. The van der Waals surface area contributed by atoms with Crippen molar-refractivity contribution in [2.24, 2.45) is 0 Å². The third-order valence-electron chi connectivity index (χ3n) is 2.38. The highest BCUT2D eigenvalue weighted by Crippen LogP contribution is 2.15. The topological polar surface area (TPSA) is 111 Å². The van der Waals surface area contributed by atoms with Crippen molar-refractivity contribution in [2.75, 3.05) is 17.3 Å². The molecule has 0 bridgehead atoms. The Morgan fingerprint density at radius 3 is 2.47 bits per heavy atom. The van der Waals surface area contributed by atoms with Crippen LogP contribution >= 0.6 is 0 Å². The fraction of sp³-hybridized carbons (Fsp3) is 0.182. The summed E-state index contributed by atoms with van der Waals surface area (Å²) in [6, 6.07) is 3.00. The number of hydrogen-bond donors (Lipinski definition) is 2. The number of aryl methyl sites for hydroxylation is 1. The van der Waals surface area contributed by atoms with Gasteiger partial charge >= 0.3 is 0 Å². The first-order chi connectivity index (χ1) is 8.86. The third-order valence-corrected chi connectivity index (χ3v) is 3.38. The lowest BCUT2D eigenvalue weighted by Crippen LogP contribution is -2.03. The molecule has 2 rings (SSSR count). The first kappa shape index (κ1) is 13.2. The fourth-order valence-electron chi connectivity index (χ4n) is 1.32. The average molecular weight is 279 g/mol. The smallest absolute Gasteiger partial charge is 0.229 e. The molecule has 19 heavy (non-hydrogen) atoms. The molecule has 0 aliphatic carbocycles. The van der Waals surface area contributed by atoms with Gasteiger partial charge in [0.2, 0.25) is 5.95 Å². The molecule has 2 aromatic rings. The maximum atomic E-state index is 11.3. The number of nitrogens with one attached hydrogen (secondary N) is 1. The first-order valence-electron chi connectivity index (χ1n) is 5.38. The molecule has 7 nitrogen and oxygen atoms in total. The minimum Gasteiger partial charge on any atom is -0.383 e. The molecule has 0 aliphatic rings. The Labute approximate surface area is 110 Å². The molecule has 0 saturated heterocycles. The van der Waals surface area contributed by atoms with Gasteiger partial charge in [-0.1, -0.05) is 0 Å². The van der Waals surface area contributed by atoms with E-state index in [1.165, 1.54) is 12.3 Å². The minimum absolute atomic E-state index is 0.0161. The summed E-state index contributed by atoms with van der Waals surface area (Å²) < 4.78 is 22.5. The van der Waals surface area contributed by atoms with E-state index in [4.69, 9.17) is 5.73 Å². The first-order valence-corrected chi connectivity index (χ1v) is 7.27. The maximum absolute atomic E-state index is 11.3. The van der Waals surface area contributed by atoms with Gasteiger partial charge in [-0.15, -0.1) is 0 Å². The van der Waals surface area contributed by atoms with E-state index in [-0.39, 0.29) is 5.03 Å². The number of hydrogen-bond acceptors (Lipinski definition) is 7. The predicted octanol–water partition coefficient (Wildman–Crippen LogP) is 0.909. The number of pyridine rings is 1. The van der Waals surface area contributed by atoms with Crippen molar-refractivity contribution in [3.05, 3.63) is 30.1 Å². The molecule has 0 spiro atoms. The SMILES string of the molecule is Cc1cnc(Nc2ccc(S(C)(=O)=O)nc2)nc1N. The van der Waals surface area contributed by atoms with Crippen LogP contribution in [0, 0.1) is 6.92 Å². The Morgan fingerprint density at radius 1 is 1.21 bits per heavy atom. The van der Waals surface area contributed by atoms with Gasteiger partial charge in [0.1, 0.15) is 5.82 Å². The molecule has 0 saturated carbocycles. The van der Waals surface area contributed by atoms with Crippen molar-refractivity contribution < 1.29 is 8.42 Å². The van der Waals surface area contributed by atoms with Crippen LogP contribution < -0.4 is 11.1 Å². The Hall–Kier alpha value is -2.22. The van der Waals surface area contributed by atoms with E-state index in [9.17, 15) is 8.42 Å². The quantitative estimate of drug-likeness (QED) is 0.858. The molecule has 2 heterocycles. The second-order valence-electron chi connectivity index (χ2n) is 4.04. The molecule has 0 aromatic carbocycles. The lowest BCUT2D eigenvalue weighted by atomic mass is 10.3. The molecule has 3 N–H and O–H groups in total. The molecule has 0 radical (unpaired) electrons. The zero-order valence-electron chi connectivity index (χ0n) is 10.5. The molecular formula is C11H13N5O2S. The van der Waals surface area contributed by atoms with Gasteiger partial charge in [-0.05, 0) is 19.1 Å². The van der Waals surface area contributed by atoms with E-state index < -0.39 is 9.84 Å². The number of anilines is 3. The van der Waals surface area contributed by atoms with Crippen LogP contribution in [-0.4, -0.2) is 29.6 Å². The van der Waals surface area contributed by atoms with Gasteiger partial charge in [0.25, 0.3) is 0 Å². The number of rotatable bonds is 3. The van der Waals surface area contributed by atoms with Crippen LogP contribution in [0.25, 0.3) is 0 Å². The molecule has 0 unspecified atom stereocenters. The number of sulfone groups is 1. The van der Waals surface area contributed by atoms with E-state index >= 15 is 0 Å². The highest BCUT2D eigenvalue weighted by Gasteiger charge is 2.08. The van der Waals surface area contributed by atoms with Gasteiger partial charge in [-0.25, -0.2) is 18.4 Å². The van der Waals surface area contributed by atoms with E-state index in [1.807, 2.05) is 6.92 Å². The molecular weight excluding hydrogens is 266 g/mol. The second kappa shape index (κ2) is 4.81. The van der Waals surface area contributed by atoms with Gasteiger partial charge in [0.05, 0.1) is 11.9 Å². The second-order valence-corrected chi connectivity index (χ2v) is 6.01. The van der Waals surface area contributed by atoms with Crippen LogP contribution in [0.15, 0.2) is 29.6 Å². The summed E-state index contributed by atoms with van der Waals surface area (Å²) >= 11 is 0. The molecule has 0 atom stereocenters. The van der Waals surface area contributed by atoms with E-state index in [2.05, 4.69) is 20.3 Å². The number of aromatic nitrogens is 3. The van der Waals surface area contributed by atoms with Gasteiger partial charge in [-0.2, -0.15) is 4.98 Å². The van der Waals surface area contributed by atoms with Crippen LogP contribution in [0.2, 0.25) is 0 Å². The lowest BCUT2D eigenvalue weighted by molar-refractivity contribution is 0.598. The zero-order chi connectivity index (χ0) is 14.0. The van der Waals surface area contributed by atoms with Crippen LogP contribution in [-0.2, 0) is 9.84 Å². The van der Waals surface area contributed by atoms with Crippen LogP contribution in [0.3, 0.4) is 0 Å². The van der Waals surface area contributed by atoms with E-state index in [0.29, 0.717) is 17.5 Å². The number of nitrogens with two attached hydrogens (primary N) is 1. The van der Waals surface area contributed by atoms with Gasteiger partial charge < -0.3 is 11.1 Å².